The van der Waals surface area contributed by atoms with Crippen molar-refractivity contribution < 1.29 is 5.11 Å². The molecule has 0 spiro atoms. The largest absolute Gasteiger partial charge is 0.391 e. The van der Waals surface area contributed by atoms with Crippen molar-refractivity contribution in [3.63, 3.8) is 0 Å². The highest BCUT2D eigenvalue weighted by atomic mass is 16.3. The zero-order chi connectivity index (χ0) is 9.90. The van der Waals surface area contributed by atoms with Gasteiger partial charge in [-0.25, -0.2) is 0 Å². The van der Waals surface area contributed by atoms with Gasteiger partial charge >= 0.3 is 0 Å². The van der Waals surface area contributed by atoms with Crippen molar-refractivity contribution >= 4 is 0 Å². The molecule has 0 aromatic carbocycles. The molecule has 0 radical (unpaired) electrons. The molecule has 0 fully saturated rings. The van der Waals surface area contributed by atoms with E-state index in [4.69, 9.17) is 0 Å². The maximum absolute atomic E-state index is 9.62. The van der Waals surface area contributed by atoms with E-state index in [9.17, 15) is 5.11 Å². The zero-order valence-corrected chi connectivity index (χ0v) is 8.46. The lowest BCUT2D eigenvalue weighted by Crippen LogP contribution is -2.50. The Morgan fingerprint density at radius 1 is 1.54 bits per heavy atom. The molecule has 1 rings (SSSR count). The van der Waals surface area contributed by atoms with Gasteiger partial charge in [0.05, 0.1) is 11.6 Å². The third kappa shape index (κ3) is 1.92. The summed E-state index contributed by atoms with van der Waals surface area (Å²) in [4.78, 5) is 0. The zero-order valence-electron chi connectivity index (χ0n) is 8.46. The minimum Gasteiger partial charge on any atom is -0.391 e. The standard InChI is InChI=1S/C10H18N2O/c1-8(13)10(12-3)6-4-9(11-2)5-7-10/h4-6,8,11-13H,7H2,1-3H3. The Morgan fingerprint density at radius 2 is 2.23 bits per heavy atom. The molecule has 0 saturated heterocycles. The second-order valence-electron chi connectivity index (χ2n) is 3.41. The van der Waals surface area contributed by atoms with Gasteiger partial charge < -0.3 is 15.7 Å². The molecule has 0 aromatic heterocycles. The summed E-state index contributed by atoms with van der Waals surface area (Å²) in [5, 5.41) is 15.8. The van der Waals surface area contributed by atoms with E-state index in [1.165, 1.54) is 0 Å². The van der Waals surface area contributed by atoms with Crippen LogP contribution in [0.3, 0.4) is 0 Å². The monoisotopic (exact) mass is 182 g/mol. The smallest absolute Gasteiger partial charge is 0.0732 e. The second-order valence-corrected chi connectivity index (χ2v) is 3.41. The van der Waals surface area contributed by atoms with Gasteiger partial charge in [0, 0.05) is 12.7 Å². The summed E-state index contributed by atoms with van der Waals surface area (Å²) in [6.45, 7) is 1.80. The molecule has 0 saturated carbocycles. The number of aliphatic hydroxyl groups is 1. The van der Waals surface area contributed by atoms with Crippen LogP contribution in [0, 0.1) is 0 Å². The number of nitrogens with one attached hydrogen (secondary N) is 2. The summed E-state index contributed by atoms with van der Waals surface area (Å²) in [7, 11) is 3.76. The highest BCUT2D eigenvalue weighted by Gasteiger charge is 2.31. The summed E-state index contributed by atoms with van der Waals surface area (Å²) in [5.41, 5.74) is 0.812. The fourth-order valence-corrected chi connectivity index (χ4v) is 1.54. The maximum atomic E-state index is 9.62. The van der Waals surface area contributed by atoms with Crippen LogP contribution in [0.15, 0.2) is 23.9 Å². The van der Waals surface area contributed by atoms with Gasteiger partial charge in [0.25, 0.3) is 0 Å². The molecular formula is C10H18N2O. The first-order valence-corrected chi connectivity index (χ1v) is 4.59. The van der Waals surface area contributed by atoms with E-state index in [1.807, 2.05) is 26.2 Å². The minimum atomic E-state index is -0.386. The van der Waals surface area contributed by atoms with E-state index >= 15 is 0 Å². The average molecular weight is 182 g/mol. The van der Waals surface area contributed by atoms with Crippen LogP contribution in [0.2, 0.25) is 0 Å². The average Bonchev–Trinajstić information content (AvgIpc) is 2.17. The summed E-state index contributed by atoms with van der Waals surface area (Å²) in [5.74, 6) is 0. The predicted molar refractivity (Wildman–Crippen MR) is 54.4 cm³/mol. The first kappa shape index (κ1) is 10.3. The van der Waals surface area contributed by atoms with Gasteiger partial charge in [-0.2, -0.15) is 0 Å². The number of hydrogen-bond acceptors (Lipinski definition) is 3. The Bertz CT molecular complexity index is 233. The highest BCUT2D eigenvalue weighted by molar-refractivity contribution is 5.29. The van der Waals surface area contributed by atoms with Crippen molar-refractivity contribution in [1.29, 1.82) is 0 Å². The molecule has 0 bridgehead atoms. The summed E-state index contributed by atoms with van der Waals surface area (Å²) >= 11 is 0. The van der Waals surface area contributed by atoms with E-state index in [2.05, 4.69) is 16.7 Å². The molecule has 3 N–H and O–H groups in total. The number of likely N-dealkylation sites (N-methyl/N-ethyl adjacent to an activating group) is 2. The second kappa shape index (κ2) is 3.94. The van der Waals surface area contributed by atoms with Crippen molar-refractivity contribution in [2.24, 2.45) is 0 Å². The van der Waals surface area contributed by atoms with Crippen molar-refractivity contribution in [1.82, 2.24) is 10.6 Å². The first-order chi connectivity index (χ1) is 6.14. The van der Waals surface area contributed by atoms with Crippen molar-refractivity contribution in [3.8, 4) is 0 Å². The van der Waals surface area contributed by atoms with E-state index in [0.717, 1.165) is 12.1 Å². The first-order valence-electron chi connectivity index (χ1n) is 4.59. The van der Waals surface area contributed by atoms with Gasteiger partial charge in [-0.15, -0.1) is 0 Å². The summed E-state index contributed by atoms with van der Waals surface area (Å²) in [6.07, 6.45) is 6.52. The molecule has 13 heavy (non-hydrogen) atoms. The third-order valence-electron chi connectivity index (χ3n) is 2.72. The molecule has 3 heteroatoms. The van der Waals surface area contributed by atoms with Gasteiger partial charge in [-0.3, -0.25) is 0 Å². The molecule has 2 unspecified atom stereocenters. The maximum Gasteiger partial charge on any atom is 0.0732 e. The van der Waals surface area contributed by atoms with Crippen molar-refractivity contribution in [2.45, 2.75) is 25.0 Å². The van der Waals surface area contributed by atoms with Crippen LogP contribution in [0.25, 0.3) is 0 Å². The van der Waals surface area contributed by atoms with E-state index in [-0.39, 0.29) is 11.6 Å². The molecule has 74 valence electrons. The number of aliphatic hydroxyl groups excluding tert-OH is 1. The predicted octanol–water partition coefficient (Wildman–Crippen LogP) is 0.389. The lowest BCUT2D eigenvalue weighted by Gasteiger charge is -2.34. The Balaban J connectivity index is 2.77. The van der Waals surface area contributed by atoms with Crippen LogP contribution < -0.4 is 10.6 Å². The van der Waals surface area contributed by atoms with Crippen LogP contribution in [0.4, 0.5) is 0 Å². The molecule has 0 aromatic rings. The van der Waals surface area contributed by atoms with Gasteiger partial charge in [0.1, 0.15) is 0 Å². The molecule has 2 atom stereocenters. The van der Waals surface area contributed by atoms with Crippen LogP contribution in [0.5, 0.6) is 0 Å². The number of hydrogen-bond donors (Lipinski definition) is 3. The lowest BCUT2D eigenvalue weighted by molar-refractivity contribution is 0.109. The van der Waals surface area contributed by atoms with Crippen LogP contribution in [-0.4, -0.2) is 30.8 Å². The normalized spacial score (nSPS) is 29.7. The van der Waals surface area contributed by atoms with Gasteiger partial charge in [0.2, 0.25) is 0 Å². The molecule has 0 amide bonds. The molecule has 0 aliphatic heterocycles. The SMILES string of the molecule is CNC1=CCC(NC)(C(C)O)C=C1. The van der Waals surface area contributed by atoms with Crippen molar-refractivity contribution in [3.05, 3.63) is 23.9 Å². The number of allylic oxidation sites excluding steroid dienone is 1. The van der Waals surface area contributed by atoms with Gasteiger partial charge in [-0.1, -0.05) is 12.2 Å². The summed E-state index contributed by atoms with van der Waals surface area (Å²) in [6, 6.07) is 0. The quantitative estimate of drug-likeness (QED) is 0.591. The van der Waals surface area contributed by atoms with Crippen LogP contribution in [-0.2, 0) is 0 Å². The Morgan fingerprint density at radius 3 is 2.54 bits per heavy atom. The Labute approximate surface area is 79.5 Å². The molecular weight excluding hydrogens is 164 g/mol. The van der Waals surface area contributed by atoms with Crippen LogP contribution in [0.1, 0.15) is 13.3 Å². The fraction of sp³-hybridized carbons (Fsp3) is 0.600. The number of rotatable bonds is 3. The molecule has 1 aliphatic carbocycles. The third-order valence-corrected chi connectivity index (χ3v) is 2.72. The van der Waals surface area contributed by atoms with Crippen LogP contribution >= 0.6 is 0 Å². The minimum absolute atomic E-state index is 0.291. The highest BCUT2D eigenvalue weighted by Crippen LogP contribution is 2.23. The molecule has 0 heterocycles. The fourth-order valence-electron chi connectivity index (χ4n) is 1.54. The Hall–Kier alpha value is -0.800. The lowest BCUT2D eigenvalue weighted by atomic mass is 9.85. The van der Waals surface area contributed by atoms with E-state index < -0.39 is 0 Å². The van der Waals surface area contributed by atoms with Crippen molar-refractivity contribution in [2.75, 3.05) is 14.1 Å². The van der Waals surface area contributed by atoms with Gasteiger partial charge in [-0.05, 0) is 26.5 Å². The molecule has 1 aliphatic rings. The van der Waals surface area contributed by atoms with E-state index in [1.54, 1.807) is 6.92 Å². The van der Waals surface area contributed by atoms with Gasteiger partial charge in [0.15, 0.2) is 0 Å². The molecule has 3 nitrogen and oxygen atoms in total. The van der Waals surface area contributed by atoms with E-state index in [0.29, 0.717) is 0 Å². The topological polar surface area (TPSA) is 44.3 Å². The summed E-state index contributed by atoms with van der Waals surface area (Å²) < 4.78 is 0. The Kier molecular flexibility index (Phi) is 3.12.